The Balaban J connectivity index is 2.37. The van der Waals surface area contributed by atoms with Crippen molar-refractivity contribution in [3.63, 3.8) is 0 Å². The van der Waals surface area contributed by atoms with Gasteiger partial charge < -0.3 is 14.7 Å². The van der Waals surface area contributed by atoms with Gasteiger partial charge in [-0.25, -0.2) is 4.79 Å². The number of rotatable bonds is 12. The molecular formula is C18H29NO3. The highest BCUT2D eigenvalue weighted by Gasteiger charge is 2.10. The minimum Gasteiger partial charge on any atom is -0.493 e. The molecular weight excluding hydrogens is 278 g/mol. The number of hydrogen-bond donors (Lipinski definition) is 1. The van der Waals surface area contributed by atoms with Gasteiger partial charge in [0.05, 0.1) is 6.61 Å². The fourth-order valence-electron chi connectivity index (χ4n) is 2.34. The smallest absolute Gasteiger partial charge is 0.339 e. The van der Waals surface area contributed by atoms with Gasteiger partial charge in [-0.15, -0.1) is 0 Å². The van der Waals surface area contributed by atoms with Crippen molar-refractivity contribution in [1.82, 2.24) is 4.90 Å². The van der Waals surface area contributed by atoms with E-state index in [1.165, 1.54) is 25.7 Å². The van der Waals surface area contributed by atoms with Crippen LogP contribution in [0.4, 0.5) is 0 Å². The zero-order chi connectivity index (χ0) is 16.2. The Labute approximate surface area is 134 Å². The summed E-state index contributed by atoms with van der Waals surface area (Å²) in [6, 6.07) is 6.81. The minimum atomic E-state index is -0.942. The van der Waals surface area contributed by atoms with Gasteiger partial charge in [0, 0.05) is 6.54 Å². The van der Waals surface area contributed by atoms with Crippen LogP contribution in [-0.4, -0.2) is 42.2 Å². The molecule has 0 fully saturated rings. The number of aromatic carboxylic acids is 1. The van der Waals surface area contributed by atoms with Crippen LogP contribution in [0.5, 0.6) is 5.75 Å². The molecule has 1 rings (SSSR count). The topological polar surface area (TPSA) is 49.8 Å². The molecule has 1 aromatic rings. The predicted molar refractivity (Wildman–Crippen MR) is 89.8 cm³/mol. The van der Waals surface area contributed by atoms with E-state index >= 15 is 0 Å². The lowest BCUT2D eigenvalue weighted by Crippen LogP contribution is -2.28. The van der Waals surface area contributed by atoms with Gasteiger partial charge in [0.25, 0.3) is 0 Å². The molecule has 22 heavy (non-hydrogen) atoms. The Hall–Kier alpha value is -1.55. The maximum atomic E-state index is 11.1. The number of para-hydroxylation sites is 1. The zero-order valence-electron chi connectivity index (χ0n) is 13.9. The van der Waals surface area contributed by atoms with Crippen molar-refractivity contribution in [2.75, 3.05) is 26.2 Å². The summed E-state index contributed by atoms with van der Waals surface area (Å²) in [6.07, 6.45) is 5.80. The van der Waals surface area contributed by atoms with Crippen molar-refractivity contribution in [3.05, 3.63) is 29.8 Å². The molecule has 0 aliphatic heterocycles. The standard InChI is InChI=1S/C18H29NO3/c1-3-5-12-19(13-6-4-2)14-9-15-22-17-11-8-7-10-16(17)18(20)21/h7-8,10-11H,3-6,9,12-15H2,1-2H3,(H,20,21). The summed E-state index contributed by atoms with van der Waals surface area (Å²) in [4.78, 5) is 13.6. The summed E-state index contributed by atoms with van der Waals surface area (Å²) >= 11 is 0. The van der Waals surface area contributed by atoms with Crippen LogP contribution in [0.3, 0.4) is 0 Å². The van der Waals surface area contributed by atoms with Gasteiger partial charge in [-0.1, -0.05) is 38.8 Å². The van der Waals surface area contributed by atoms with Crippen molar-refractivity contribution in [1.29, 1.82) is 0 Å². The monoisotopic (exact) mass is 307 g/mol. The lowest BCUT2D eigenvalue weighted by Gasteiger charge is -2.22. The van der Waals surface area contributed by atoms with E-state index in [9.17, 15) is 4.79 Å². The highest BCUT2D eigenvalue weighted by Crippen LogP contribution is 2.17. The van der Waals surface area contributed by atoms with Gasteiger partial charge in [0.15, 0.2) is 0 Å². The van der Waals surface area contributed by atoms with Crippen LogP contribution in [0, 0.1) is 0 Å². The fourth-order valence-corrected chi connectivity index (χ4v) is 2.34. The van der Waals surface area contributed by atoms with Gasteiger partial charge in [-0.3, -0.25) is 0 Å². The van der Waals surface area contributed by atoms with Crippen LogP contribution in [0.1, 0.15) is 56.3 Å². The number of carbonyl (C=O) groups is 1. The van der Waals surface area contributed by atoms with E-state index in [0.29, 0.717) is 12.4 Å². The Kier molecular flexibility index (Phi) is 9.31. The Bertz CT molecular complexity index is 426. The van der Waals surface area contributed by atoms with Crippen LogP contribution in [0.15, 0.2) is 24.3 Å². The van der Waals surface area contributed by atoms with Gasteiger partial charge in [-0.05, 0) is 44.5 Å². The number of carboxylic acids is 1. The quantitative estimate of drug-likeness (QED) is 0.592. The largest absolute Gasteiger partial charge is 0.493 e. The second-order valence-electron chi connectivity index (χ2n) is 5.55. The SMILES string of the molecule is CCCCN(CCCC)CCCOc1ccccc1C(=O)O. The highest BCUT2D eigenvalue weighted by molar-refractivity contribution is 5.90. The van der Waals surface area contributed by atoms with Crippen molar-refractivity contribution in [3.8, 4) is 5.75 Å². The van der Waals surface area contributed by atoms with Crippen molar-refractivity contribution in [2.24, 2.45) is 0 Å². The van der Waals surface area contributed by atoms with Crippen molar-refractivity contribution in [2.45, 2.75) is 46.0 Å². The Morgan fingerprint density at radius 1 is 1.05 bits per heavy atom. The first-order chi connectivity index (χ1) is 10.7. The first-order valence-electron chi connectivity index (χ1n) is 8.36. The second-order valence-corrected chi connectivity index (χ2v) is 5.55. The third-order valence-electron chi connectivity index (χ3n) is 3.65. The Morgan fingerprint density at radius 2 is 1.64 bits per heavy atom. The first-order valence-corrected chi connectivity index (χ1v) is 8.36. The molecule has 0 radical (unpaired) electrons. The maximum Gasteiger partial charge on any atom is 0.339 e. The average molecular weight is 307 g/mol. The van der Waals surface area contributed by atoms with Crippen molar-refractivity contribution >= 4 is 5.97 Å². The molecule has 0 atom stereocenters. The number of ether oxygens (including phenoxy) is 1. The zero-order valence-corrected chi connectivity index (χ0v) is 13.9. The van der Waals surface area contributed by atoms with E-state index in [1.54, 1.807) is 24.3 Å². The van der Waals surface area contributed by atoms with E-state index in [1.807, 2.05) is 0 Å². The lowest BCUT2D eigenvalue weighted by molar-refractivity contribution is 0.0692. The molecule has 0 aliphatic rings. The number of carboxylic acid groups (broad SMARTS) is 1. The third-order valence-corrected chi connectivity index (χ3v) is 3.65. The van der Waals surface area contributed by atoms with Crippen LogP contribution in [0.2, 0.25) is 0 Å². The molecule has 0 spiro atoms. The minimum absolute atomic E-state index is 0.233. The molecule has 0 heterocycles. The summed E-state index contributed by atoms with van der Waals surface area (Å²) in [5.74, 6) is -0.480. The Morgan fingerprint density at radius 3 is 2.23 bits per heavy atom. The average Bonchev–Trinajstić information content (AvgIpc) is 2.53. The summed E-state index contributed by atoms with van der Waals surface area (Å²) < 4.78 is 5.65. The third kappa shape index (κ3) is 6.94. The first kappa shape index (κ1) is 18.5. The molecule has 0 aliphatic carbocycles. The molecule has 4 heteroatoms. The fraction of sp³-hybridized carbons (Fsp3) is 0.611. The molecule has 0 saturated heterocycles. The summed E-state index contributed by atoms with van der Waals surface area (Å²) in [7, 11) is 0. The lowest BCUT2D eigenvalue weighted by atomic mass is 10.2. The van der Waals surface area contributed by atoms with Gasteiger partial charge in [0.2, 0.25) is 0 Å². The van der Waals surface area contributed by atoms with E-state index in [0.717, 1.165) is 26.1 Å². The highest BCUT2D eigenvalue weighted by atomic mass is 16.5. The van der Waals surface area contributed by atoms with Gasteiger partial charge in [0.1, 0.15) is 11.3 Å². The maximum absolute atomic E-state index is 11.1. The van der Waals surface area contributed by atoms with Gasteiger partial charge in [-0.2, -0.15) is 0 Å². The summed E-state index contributed by atoms with van der Waals surface area (Å²) in [5, 5.41) is 9.12. The molecule has 0 amide bonds. The normalized spacial score (nSPS) is 10.9. The van der Waals surface area contributed by atoms with Gasteiger partial charge >= 0.3 is 5.97 Å². The summed E-state index contributed by atoms with van der Waals surface area (Å²) in [5.41, 5.74) is 0.233. The molecule has 4 nitrogen and oxygen atoms in total. The molecule has 1 N–H and O–H groups in total. The molecule has 124 valence electrons. The summed E-state index contributed by atoms with van der Waals surface area (Å²) in [6.45, 7) is 8.27. The van der Waals surface area contributed by atoms with Crippen molar-refractivity contribution < 1.29 is 14.6 Å². The van der Waals surface area contributed by atoms with E-state index in [4.69, 9.17) is 9.84 Å². The molecule has 0 aromatic heterocycles. The number of unbranched alkanes of at least 4 members (excludes halogenated alkanes) is 2. The number of benzene rings is 1. The number of hydrogen-bond acceptors (Lipinski definition) is 3. The molecule has 0 saturated carbocycles. The van der Waals surface area contributed by atoms with E-state index < -0.39 is 5.97 Å². The number of nitrogens with zero attached hydrogens (tertiary/aromatic N) is 1. The molecule has 1 aromatic carbocycles. The molecule has 0 bridgehead atoms. The second kappa shape index (κ2) is 11.1. The van der Waals surface area contributed by atoms with Crippen LogP contribution >= 0.6 is 0 Å². The predicted octanol–water partition coefficient (Wildman–Crippen LogP) is 4.06. The van der Waals surface area contributed by atoms with Crippen LogP contribution in [-0.2, 0) is 0 Å². The van der Waals surface area contributed by atoms with Crippen LogP contribution in [0.25, 0.3) is 0 Å². The van der Waals surface area contributed by atoms with Crippen LogP contribution < -0.4 is 4.74 Å². The van der Waals surface area contributed by atoms with E-state index in [2.05, 4.69) is 18.7 Å². The molecule has 0 unspecified atom stereocenters. The van der Waals surface area contributed by atoms with E-state index in [-0.39, 0.29) is 5.56 Å².